The summed E-state index contributed by atoms with van der Waals surface area (Å²) >= 11 is 12.0. The molecule has 1 N–H and O–H groups in total. The van der Waals surface area contributed by atoms with Crippen LogP contribution in [0, 0.1) is 0 Å². The molecule has 0 atom stereocenters. The molecule has 7 heteroatoms. The van der Waals surface area contributed by atoms with Gasteiger partial charge in [-0.1, -0.05) is 58.7 Å². The van der Waals surface area contributed by atoms with Gasteiger partial charge in [-0.05, 0) is 47.5 Å². The van der Waals surface area contributed by atoms with Crippen molar-refractivity contribution in [2.75, 3.05) is 0 Å². The zero-order valence-electron chi connectivity index (χ0n) is 14.8. The molecule has 1 amide bonds. The van der Waals surface area contributed by atoms with Crippen molar-refractivity contribution in [3.63, 3.8) is 0 Å². The van der Waals surface area contributed by atoms with E-state index in [1.54, 1.807) is 30.3 Å². The summed E-state index contributed by atoms with van der Waals surface area (Å²) in [7, 11) is 0. The van der Waals surface area contributed by atoms with E-state index in [-0.39, 0.29) is 5.91 Å². The Morgan fingerprint density at radius 3 is 2.57 bits per heavy atom. The summed E-state index contributed by atoms with van der Waals surface area (Å²) in [4.78, 5) is 12.4. The van der Waals surface area contributed by atoms with Gasteiger partial charge < -0.3 is 5.32 Å². The number of halogens is 2. The first-order chi connectivity index (χ1) is 13.6. The fourth-order valence-electron chi connectivity index (χ4n) is 2.91. The molecular weight excluding hydrogens is 395 g/mol. The number of para-hydroxylation sites is 1. The topological polar surface area (TPSA) is 59.8 Å². The van der Waals surface area contributed by atoms with Crippen molar-refractivity contribution in [3.8, 4) is 0 Å². The molecule has 3 aromatic carbocycles. The van der Waals surface area contributed by atoms with Crippen LogP contribution in [-0.2, 0) is 13.1 Å². The van der Waals surface area contributed by atoms with Gasteiger partial charge in [0, 0.05) is 22.2 Å². The number of hydrogen-bond donors (Lipinski definition) is 1. The molecule has 4 rings (SSSR count). The number of carbonyl (C=O) groups is 1. The van der Waals surface area contributed by atoms with Crippen molar-refractivity contribution in [2.24, 2.45) is 0 Å². The summed E-state index contributed by atoms with van der Waals surface area (Å²) in [6.07, 6.45) is 0. The Morgan fingerprint density at radius 1 is 1.00 bits per heavy atom. The van der Waals surface area contributed by atoms with E-state index in [1.807, 2.05) is 41.1 Å². The van der Waals surface area contributed by atoms with E-state index in [1.165, 1.54) is 0 Å². The monoisotopic (exact) mass is 410 g/mol. The molecule has 0 aliphatic rings. The number of hydrogen-bond acceptors (Lipinski definition) is 3. The minimum atomic E-state index is -0.163. The van der Waals surface area contributed by atoms with E-state index < -0.39 is 0 Å². The second kappa shape index (κ2) is 8.00. The molecular formula is C21H16Cl2N4O. The maximum atomic E-state index is 12.4. The SMILES string of the molecule is O=C(NCc1ccc(Cl)cc1Cl)c1ccc(Cn2nnc3ccccc32)cc1. The van der Waals surface area contributed by atoms with E-state index in [4.69, 9.17) is 23.2 Å². The summed E-state index contributed by atoms with van der Waals surface area (Å²) < 4.78 is 1.84. The van der Waals surface area contributed by atoms with Crippen LogP contribution < -0.4 is 5.32 Å². The third kappa shape index (κ3) is 4.01. The summed E-state index contributed by atoms with van der Waals surface area (Å²) in [6, 6.07) is 20.5. The lowest BCUT2D eigenvalue weighted by Gasteiger charge is -2.08. The minimum absolute atomic E-state index is 0.163. The average Bonchev–Trinajstić information content (AvgIpc) is 3.11. The first-order valence-corrected chi connectivity index (χ1v) is 9.45. The van der Waals surface area contributed by atoms with E-state index >= 15 is 0 Å². The highest BCUT2D eigenvalue weighted by Crippen LogP contribution is 2.21. The van der Waals surface area contributed by atoms with Crippen molar-refractivity contribution in [1.29, 1.82) is 0 Å². The largest absolute Gasteiger partial charge is 0.348 e. The zero-order valence-corrected chi connectivity index (χ0v) is 16.3. The second-order valence-corrected chi connectivity index (χ2v) is 7.19. The van der Waals surface area contributed by atoms with Crippen molar-refractivity contribution in [1.82, 2.24) is 20.3 Å². The second-order valence-electron chi connectivity index (χ2n) is 6.35. The highest BCUT2D eigenvalue weighted by Gasteiger charge is 2.09. The highest BCUT2D eigenvalue weighted by molar-refractivity contribution is 6.35. The molecule has 0 aliphatic heterocycles. The van der Waals surface area contributed by atoms with E-state index in [9.17, 15) is 4.79 Å². The Bertz CT molecular complexity index is 1140. The number of aromatic nitrogens is 3. The fraction of sp³-hybridized carbons (Fsp3) is 0.0952. The highest BCUT2D eigenvalue weighted by atomic mass is 35.5. The van der Waals surface area contributed by atoms with Gasteiger partial charge in [-0.2, -0.15) is 0 Å². The third-order valence-electron chi connectivity index (χ3n) is 4.42. The third-order valence-corrected chi connectivity index (χ3v) is 5.01. The molecule has 5 nitrogen and oxygen atoms in total. The Labute approximate surface area is 171 Å². The number of benzene rings is 3. The van der Waals surface area contributed by atoms with Gasteiger partial charge in [0.15, 0.2) is 0 Å². The van der Waals surface area contributed by atoms with Gasteiger partial charge in [0.25, 0.3) is 5.91 Å². The van der Waals surface area contributed by atoms with Gasteiger partial charge in [-0.15, -0.1) is 5.10 Å². The van der Waals surface area contributed by atoms with Crippen molar-refractivity contribution < 1.29 is 4.79 Å². The smallest absolute Gasteiger partial charge is 0.251 e. The Kier molecular flexibility index (Phi) is 5.28. The Morgan fingerprint density at radius 2 is 1.79 bits per heavy atom. The molecule has 0 unspecified atom stereocenters. The van der Waals surface area contributed by atoms with Crippen LogP contribution in [0.15, 0.2) is 66.7 Å². The van der Waals surface area contributed by atoms with Crippen LogP contribution in [0.5, 0.6) is 0 Å². The van der Waals surface area contributed by atoms with E-state index in [2.05, 4.69) is 15.6 Å². The van der Waals surface area contributed by atoms with E-state index in [0.717, 1.165) is 22.2 Å². The standard InChI is InChI=1S/C21H16Cl2N4O/c22-17-10-9-16(18(23)11-17)12-24-21(28)15-7-5-14(6-8-15)13-27-20-4-2-1-3-19(20)25-26-27/h1-11H,12-13H2,(H,24,28). The molecule has 28 heavy (non-hydrogen) atoms. The maximum Gasteiger partial charge on any atom is 0.251 e. The summed E-state index contributed by atoms with van der Waals surface area (Å²) in [5, 5.41) is 12.3. The summed E-state index contributed by atoms with van der Waals surface area (Å²) in [6.45, 7) is 0.921. The summed E-state index contributed by atoms with van der Waals surface area (Å²) in [5.41, 5.74) is 4.27. The van der Waals surface area contributed by atoms with Gasteiger partial charge in [-0.3, -0.25) is 4.79 Å². The van der Waals surface area contributed by atoms with Crippen molar-refractivity contribution in [2.45, 2.75) is 13.1 Å². The first-order valence-electron chi connectivity index (χ1n) is 8.69. The van der Waals surface area contributed by atoms with Gasteiger partial charge in [0.05, 0.1) is 12.1 Å². The average molecular weight is 411 g/mol. The lowest BCUT2D eigenvalue weighted by atomic mass is 10.1. The molecule has 0 spiro atoms. The molecule has 0 saturated carbocycles. The quantitative estimate of drug-likeness (QED) is 0.517. The van der Waals surface area contributed by atoms with Crippen LogP contribution in [0.1, 0.15) is 21.5 Å². The molecule has 0 bridgehead atoms. The normalized spacial score (nSPS) is 10.9. The van der Waals surface area contributed by atoms with Crippen LogP contribution >= 0.6 is 23.2 Å². The number of carbonyl (C=O) groups excluding carboxylic acids is 1. The predicted molar refractivity (Wildman–Crippen MR) is 111 cm³/mol. The molecule has 0 fully saturated rings. The number of nitrogens with zero attached hydrogens (tertiary/aromatic N) is 3. The lowest BCUT2D eigenvalue weighted by Crippen LogP contribution is -2.22. The van der Waals surface area contributed by atoms with Gasteiger partial charge >= 0.3 is 0 Å². The van der Waals surface area contributed by atoms with Crippen LogP contribution in [0.2, 0.25) is 10.0 Å². The summed E-state index contributed by atoms with van der Waals surface area (Å²) in [5.74, 6) is -0.163. The van der Waals surface area contributed by atoms with Gasteiger partial charge in [0.1, 0.15) is 5.52 Å². The van der Waals surface area contributed by atoms with Crippen LogP contribution in [0.3, 0.4) is 0 Å². The molecule has 1 aromatic heterocycles. The predicted octanol–water partition coefficient (Wildman–Crippen LogP) is 4.72. The number of nitrogens with one attached hydrogen (secondary N) is 1. The molecule has 0 radical (unpaired) electrons. The van der Waals surface area contributed by atoms with Crippen molar-refractivity contribution in [3.05, 3.63) is 93.5 Å². The fourth-order valence-corrected chi connectivity index (χ4v) is 3.39. The maximum absolute atomic E-state index is 12.4. The first kappa shape index (κ1) is 18.5. The van der Waals surface area contributed by atoms with Crippen LogP contribution in [-0.4, -0.2) is 20.9 Å². The molecule has 140 valence electrons. The van der Waals surface area contributed by atoms with Gasteiger partial charge in [-0.25, -0.2) is 4.68 Å². The molecule has 0 saturated heterocycles. The number of fused-ring (bicyclic) bond motifs is 1. The molecule has 0 aliphatic carbocycles. The van der Waals surface area contributed by atoms with Crippen LogP contribution in [0.4, 0.5) is 0 Å². The minimum Gasteiger partial charge on any atom is -0.348 e. The van der Waals surface area contributed by atoms with E-state index in [0.29, 0.717) is 28.7 Å². The Balaban J connectivity index is 1.41. The molecule has 4 aromatic rings. The zero-order chi connectivity index (χ0) is 19.5. The van der Waals surface area contributed by atoms with Crippen LogP contribution in [0.25, 0.3) is 11.0 Å². The molecule has 1 heterocycles. The van der Waals surface area contributed by atoms with Crippen molar-refractivity contribution >= 4 is 40.1 Å². The Hall–Kier alpha value is -2.89. The number of amides is 1. The number of rotatable bonds is 5. The lowest BCUT2D eigenvalue weighted by molar-refractivity contribution is 0.0951. The van der Waals surface area contributed by atoms with Gasteiger partial charge in [0.2, 0.25) is 0 Å².